The third kappa shape index (κ3) is 2.45. The molecule has 0 saturated carbocycles. The highest BCUT2D eigenvalue weighted by molar-refractivity contribution is 6.30. The van der Waals surface area contributed by atoms with Gasteiger partial charge in [0.15, 0.2) is 0 Å². The highest BCUT2D eigenvalue weighted by Gasteiger charge is 2.30. The molecule has 20 heavy (non-hydrogen) atoms. The van der Waals surface area contributed by atoms with E-state index in [1.165, 1.54) is 12.0 Å². The Balaban J connectivity index is 1.75. The molecule has 3 rings (SSSR count). The van der Waals surface area contributed by atoms with Crippen LogP contribution in [0, 0.1) is 6.92 Å². The van der Waals surface area contributed by atoms with Gasteiger partial charge in [-0.1, -0.05) is 11.6 Å². The van der Waals surface area contributed by atoms with Crippen LogP contribution in [0.15, 0.2) is 12.7 Å². The van der Waals surface area contributed by atoms with Crippen molar-refractivity contribution in [3.8, 4) is 0 Å². The summed E-state index contributed by atoms with van der Waals surface area (Å²) in [6.45, 7) is 4.95. The molecule has 6 nitrogen and oxygen atoms in total. The second-order valence-electron chi connectivity index (χ2n) is 5.27. The van der Waals surface area contributed by atoms with Crippen LogP contribution in [0.2, 0.25) is 5.15 Å². The normalized spacial score (nSPS) is 19.9. The third-order valence-electron chi connectivity index (χ3n) is 3.98. The molecule has 1 aliphatic rings. The second kappa shape index (κ2) is 5.54. The van der Waals surface area contributed by atoms with E-state index >= 15 is 0 Å². The van der Waals surface area contributed by atoms with E-state index in [1.54, 1.807) is 17.3 Å². The average molecular weight is 295 g/mol. The van der Waals surface area contributed by atoms with Crippen LogP contribution >= 0.6 is 11.6 Å². The van der Waals surface area contributed by atoms with E-state index in [0.717, 1.165) is 36.9 Å². The largest absolute Gasteiger partial charge is 0.294 e. The number of halogens is 1. The quantitative estimate of drug-likeness (QED) is 0.863. The Morgan fingerprint density at radius 3 is 2.90 bits per heavy atom. The van der Waals surface area contributed by atoms with Crippen LogP contribution < -0.4 is 0 Å². The molecule has 2 aromatic rings. The number of aromatic nitrogens is 5. The summed E-state index contributed by atoms with van der Waals surface area (Å²) in [5.74, 6) is 0. The maximum atomic E-state index is 6.41. The third-order valence-corrected chi connectivity index (χ3v) is 4.42. The summed E-state index contributed by atoms with van der Waals surface area (Å²) in [6, 6.07) is 0.375. The summed E-state index contributed by atoms with van der Waals surface area (Å²) >= 11 is 6.41. The van der Waals surface area contributed by atoms with Gasteiger partial charge in [-0.3, -0.25) is 14.3 Å². The minimum atomic E-state index is 0.375. The summed E-state index contributed by atoms with van der Waals surface area (Å²) in [5.41, 5.74) is 2.22. The fourth-order valence-electron chi connectivity index (χ4n) is 3.02. The summed E-state index contributed by atoms with van der Waals surface area (Å²) in [5, 5.41) is 9.34. The van der Waals surface area contributed by atoms with Gasteiger partial charge in [0.05, 0.1) is 12.2 Å². The first kappa shape index (κ1) is 13.6. The van der Waals surface area contributed by atoms with Crippen LogP contribution in [0.25, 0.3) is 0 Å². The zero-order valence-electron chi connectivity index (χ0n) is 11.8. The lowest BCUT2D eigenvalue weighted by molar-refractivity contribution is 0.242. The van der Waals surface area contributed by atoms with E-state index in [0.29, 0.717) is 6.04 Å². The van der Waals surface area contributed by atoms with Crippen molar-refractivity contribution < 1.29 is 0 Å². The number of nitrogens with zero attached hydrogens (tertiary/aromatic N) is 6. The minimum absolute atomic E-state index is 0.375. The van der Waals surface area contributed by atoms with Crippen molar-refractivity contribution in [1.82, 2.24) is 29.4 Å². The molecule has 108 valence electrons. The van der Waals surface area contributed by atoms with E-state index in [9.17, 15) is 0 Å². The van der Waals surface area contributed by atoms with Crippen LogP contribution in [-0.2, 0) is 13.6 Å². The van der Waals surface area contributed by atoms with Gasteiger partial charge in [-0.2, -0.15) is 10.2 Å². The van der Waals surface area contributed by atoms with Crippen LogP contribution in [0.3, 0.4) is 0 Å². The Labute approximate surface area is 123 Å². The van der Waals surface area contributed by atoms with Crippen LogP contribution in [0.5, 0.6) is 0 Å². The molecular weight excluding hydrogens is 276 g/mol. The fourth-order valence-corrected chi connectivity index (χ4v) is 3.33. The van der Waals surface area contributed by atoms with Crippen molar-refractivity contribution in [2.45, 2.75) is 32.4 Å². The fraction of sp³-hybridized carbons (Fsp3) is 0.615. The lowest BCUT2D eigenvalue weighted by Crippen LogP contribution is -2.27. The van der Waals surface area contributed by atoms with Gasteiger partial charge in [0.2, 0.25) is 0 Å². The minimum Gasteiger partial charge on any atom is -0.294 e. The molecule has 0 bridgehead atoms. The Morgan fingerprint density at radius 2 is 2.25 bits per heavy atom. The van der Waals surface area contributed by atoms with Crippen molar-refractivity contribution in [3.63, 3.8) is 0 Å². The van der Waals surface area contributed by atoms with Gasteiger partial charge < -0.3 is 0 Å². The Hall–Kier alpha value is -1.40. The standard InChI is InChI=1S/C13H19ClN6/c1-10-12(13(14)18(2)17-10)11-4-3-5-19(11)6-7-20-9-15-8-16-20/h8-9,11H,3-7H2,1-2H3/t11-/m0/s1. The van der Waals surface area contributed by atoms with Gasteiger partial charge in [0.25, 0.3) is 0 Å². The zero-order chi connectivity index (χ0) is 14.1. The summed E-state index contributed by atoms with van der Waals surface area (Å²) in [4.78, 5) is 6.44. The molecule has 0 aromatic carbocycles. The van der Waals surface area contributed by atoms with Crippen molar-refractivity contribution >= 4 is 11.6 Å². The molecule has 0 amide bonds. The molecule has 7 heteroatoms. The lowest BCUT2D eigenvalue weighted by atomic mass is 10.1. The molecule has 0 aliphatic carbocycles. The van der Waals surface area contributed by atoms with Gasteiger partial charge in [0, 0.05) is 25.2 Å². The maximum Gasteiger partial charge on any atom is 0.137 e. The molecule has 0 radical (unpaired) electrons. The summed E-state index contributed by atoms with van der Waals surface area (Å²) in [7, 11) is 1.90. The first-order chi connectivity index (χ1) is 9.66. The number of hydrogen-bond donors (Lipinski definition) is 0. The molecule has 0 N–H and O–H groups in total. The summed E-state index contributed by atoms with van der Waals surface area (Å²) < 4.78 is 3.63. The predicted octanol–water partition coefficient (Wildman–Crippen LogP) is 1.81. The van der Waals surface area contributed by atoms with E-state index in [1.807, 2.05) is 18.7 Å². The van der Waals surface area contributed by atoms with E-state index in [2.05, 4.69) is 20.1 Å². The molecule has 0 spiro atoms. The van der Waals surface area contributed by atoms with Crippen molar-refractivity contribution in [3.05, 3.63) is 29.1 Å². The van der Waals surface area contributed by atoms with E-state index < -0.39 is 0 Å². The molecule has 1 fully saturated rings. The van der Waals surface area contributed by atoms with Crippen LogP contribution in [0.1, 0.15) is 30.1 Å². The summed E-state index contributed by atoms with van der Waals surface area (Å²) in [6.07, 6.45) is 5.67. The number of hydrogen-bond acceptors (Lipinski definition) is 4. The van der Waals surface area contributed by atoms with Gasteiger partial charge >= 0.3 is 0 Å². The molecule has 2 aromatic heterocycles. The number of likely N-dealkylation sites (tertiary alicyclic amines) is 1. The van der Waals surface area contributed by atoms with Crippen molar-refractivity contribution in [2.75, 3.05) is 13.1 Å². The van der Waals surface area contributed by atoms with E-state index in [-0.39, 0.29) is 0 Å². The first-order valence-electron chi connectivity index (χ1n) is 6.92. The smallest absolute Gasteiger partial charge is 0.137 e. The lowest BCUT2D eigenvalue weighted by Gasteiger charge is -2.24. The molecule has 3 heterocycles. The Kier molecular flexibility index (Phi) is 3.76. The van der Waals surface area contributed by atoms with Crippen molar-refractivity contribution in [1.29, 1.82) is 0 Å². The average Bonchev–Trinajstić information content (AvgIpc) is 3.10. The highest BCUT2D eigenvalue weighted by Crippen LogP contribution is 2.37. The zero-order valence-corrected chi connectivity index (χ0v) is 12.6. The molecule has 1 aliphatic heterocycles. The SMILES string of the molecule is Cc1nn(C)c(Cl)c1[C@@H]1CCCN1CCn1cncn1. The van der Waals surface area contributed by atoms with Crippen molar-refractivity contribution in [2.24, 2.45) is 7.05 Å². The van der Waals surface area contributed by atoms with E-state index in [4.69, 9.17) is 11.6 Å². The Morgan fingerprint density at radius 1 is 1.40 bits per heavy atom. The predicted molar refractivity (Wildman–Crippen MR) is 76.5 cm³/mol. The molecular formula is C13H19ClN6. The molecule has 1 atom stereocenters. The highest BCUT2D eigenvalue weighted by atomic mass is 35.5. The maximum absolute atomic E-state index is 6.41. The number of aryl methyl sites for hydroxylation is 2. The molecule has 1 saturated heterocycles. The first-order valence-corrected chi connectivity index (χ1v) is 7.30. The van der Waals surface area contributed by atoms with Gasteiger partial charge in [-0.25, -0.2) is 4.98 Å². The van der Waals surface area contributed by atoms with Crippen LogP contribution in [-0.4, -0.2) is 42.5 Å². The Bertz CT molecular complexity index is 576. The van der Waals surface area contributed by atoms with Gasteiger partial charge in [-0.05, 0) is 26.3 Å². The molecule has 0 unspecified atom stereocenters. The number of rotatable bonds is 4. The van der Waals surface area contributed by atoms with Gasteiger partial charge in [-0.15, -0.1) is 0 Å². The van der Waals surface area contributed by atoms with Gasteiger partial charge in [0.1, 0.15) is 17.8 Å². The monoisotopic (exact) mass is 294 g/mol. The van der Waals surface area contributed by atoms with Crippen LogP contribution in [0.4, 0.5) is 0 Å². The second-order valence-corrected chi connectivity index (χ2v) is 5.62. The topological polar surface area (TPSA) is 51.8 Å².